The van der Waals surface area contributed by atoms with Crippen molar-refractivity contribution in [1.29, 1.82) is 0 Å². The molecule has 0 bridgehead atoms. The highest BCUT2D eigenvalue weighted by atomic mass is 79.9. The molecule has 1 aliphatic heterocycles. The van der Waals surface area contributed by atoms with Crippen LogP contribution < -0.4 is 24.4 Å². The molecule has 1 atom stereocenters. The third-order valence-corrected chi connectivity index (χ3v) is 7.69. The second kappa shape index (κ2) is 10.4. The molecular formula is C31H31BrN2O5. The fraction of sp³-hybridized carbons (Fsp3) is 0.290. The van der Waals surface area contributed by atoms with Gasteiger partial charge in [0, 0.05) is 27.7 Å². The van der Waals surface area contributed by atoms with Gasteiger partial charge < -0.3 is 19.5 Å². The van der Waals surface area contributed by atoms with Crippen LogP contribution in [0.5, 0.6) is 17.2 Å². The van der Waals surface area contributed by atoms with Gasteiger partial charge in [0.25, 0.3) is 5.91 Å². The molecule has 5 rings (SSSR count). The number of fused-ring (bicyclic) bond motifs is 1. The minimum Gasteiger partial charge on any atom is -0.493 e. The van der Waals surface area contributed by atoms with Crippen LogP contribution in [0.4, 0.5) is 11.4 Å². The van der Waals surface area contributed by atoms with Crippen molar-refractivity contribution >= 4 is 39.0 Å². The maximum Gasteiger partial charge on any atom is 0.259 e. The Kier molecular flexibility index (Phi) is 7.16. The smallest absolute Gasteiger partial charge is 0.259 e. The minimum atomic E-state index is -0.663. The van der Waals surface area contributed by atoms with Gasteiger partial charge in [-0.2, -0.15) is 0 Å². The Hall–Kier alpha value is -3.78. The third-order valence-electron chi connectivity index (χ3n) is 7.20. The molecular weight excluding hydrogens is 560 g/mol. The standard InChI is InChI=1S/C31H31BrN2O5/c1-31(2)16-22-27(24(35)17-31)28(18-9-8-10-20(32)13-18)34(23-12-7-6-11-21(23)33-22)30(36)19-14-25(37-3)29(39-5)26(15-19)38-4/h6-15,28,33H,16-17H2,1-5H3. The lowest BCUT2D eigenvalue weighted by Crippen LogP contribution is -2.39. The van der Waals surface area contributed by atoms with Gasteiger partial charge in [0.15, 0.2) is 17.3 Å². The number of amides is 1. The van der Waals surface area contributed by atoms with Crippen LogP contribution in [0.25, 0.3) is 0 Å². The molecule has 3 aromatic carbocycles. The Balaban J connectivity index is 1.79. The van der Waals surface area contributed by atoms with Gasteiger partial charge in [-0.1, -0.05) is 54.0 Å². The van der Waals surface area contributed by atoms with E-state index in [-0.39, 0.29) is 17.1 Å². The van der Waals surface area contributed by atoms with Gasteiger partial charge in [-0.15, -0.1) is 0 Å². The van der Waals surface area contributed by atoms with E-state index in [4.69, 9.17) is 14.2 Å². The fourth-order valence-corrected chi connectivity index (χ4v) is 5.96. The summed E-state index contributed by atoms with van der Waals surface area (Å²) in [6.07, 6.45) is 1.07. The summed E-state index contributed by atoms with van der Waals surface area (Å²) in [6.45, 7) is 4.19. The molecule has 202 valence electrons. The molecule has 0 fully saturated rings. The Bertz CT molecular complexity index is 1470. The number of ether oxygens (including phenoxy) is 3. The van der Waals surface area contributed by atoms with Crippen molar-refractivity contribution in [1.82, 2.24) is 0 Å². The number of methoxy groups -OCH3 is 3. The number of anilines is 2. The van der Waals surface area contributed by atoms with Gasteiger partial charge in [-0.05, 0) is 53.8 Å². The molecule has 0 aromatic heterocycles. The molecule has 0 saturated heterocycles. The first-order chi connectivity index (χ1) is 18.7. The number of hydrogen-bond donors (Lipinski definition) is 1. The van der Waals surface area contributed by atoms with E-state index in [2.05, 4.69) is 35.1 Å². The van der Waals surface area contributed by atoms with Crippen LogP contribution in [0.15, 0.2) is 76.4 Å². The molecule has 39 heavy (non-hydrogen) atoms. The van der Waals surface area contributed by atoms with Crippen LogP contribution in [-0.2, 0) is 4.79 Å². The number of Topliss-reactive ketones (excluding diaryl/α,β-unsaturated/α-hetero) is 1. The third kappa shape index (κ3) is 4.89. The summed E-state index contributed by atoms with van der Waals surface area (Å²) in [7, 11) is 4.55. The zero-order chi connectivity index (χ0) is 27.9. The second-order valence-corrected chi connectivity index (χ2v) is 11.4. The normalized spacial score (nSPS) is 17.9. The largest absolute Gasteiger partial charge is 0.493 e. The summed E-state index contributed by atoms with van der Waals surface area (Å²) >= 11 is 3.59. The number of hydrogen-bond acceptors (Lipinski definition) is 6. The molecule has 3 aromatic rings. The van der Waals surface area contributed by atoms with Gasteiger partial charge in [0.1, 0.15) is 0 Å². The SMILES string of the molecule is COc1cc(C(=O)N2c3ccccc3NC3=C(C(=O)CC(C)(C)C3)C2c2cccc(Br)c2)cc(OC)c1OC. The minimum absolute atomic E-state index is 0.0224. The van der Waals surface area contributed by atoms with Crippen molar-refractivity contribution in [2.45, 2.75) is 32.7 Å². The van der Waals surface area contributed by atoms with Crippen LogP contribution in [-0.4, -0.2) is 33.0 Å². The molecule has 8 heteroatoms. The van der Waals surface area contributed by atoms with Gasteiger partial charge in [0.05, 0.1) is 38.7 Å². The summed E-state index contributed by atoms with van der Waals surface area (Å²) in [5, 5.41) is 3.55. The van der Waals surface area contributed by atoms with Crippen molar-refractivity contribution < 1.29 is 23.8 Å². The molecule has 1 heterocycles. The van der Waals surface area contributed by atoms with Crippen LogP contribution in [0.3, 0.4) is 0 Å². The van der Waals surface area contributed by atoms with Crippen LogP contribution in [0.2, 0.25) is 0 Å². The van der Waals surface area contributed by atoms with Gasteiger partial charge in [0.2, 0.25) is 5.75 Å². The number of benzene rings is 3. The number of carbonyl (C=O) groups excluding carboxylic acids is 2. The highest BCUT2D eigenvalue weighted by Crippen LogP contribution is 2.49. The first-order valence-electron chi connectivity index (χ1n) is 12.7. The summed E-state index contributed by atoms with van der Waals surface area (Å²) in [6, 6.07) is 18.0. The number of nitrogens with one attached hydrogen (secondary N) is 1. The molecule has 7 nitrogen and oxygen atoms in total. The van der Waals surface area contributed by atoms with Gasteiger partial charge in [-0.25, -0.2) is 0 Å². The molecule has 1 N–H and O–H groups in total. The van der Waals surface area contributed by atoms with Gasteiger partial charge in [-0.3, -0.25) is 14.5 Å². The van der Waals surface area contributed by atoms with E-state index in [1.165, 1.54) is 21.3 Å². The summed E-state index contributed by atoms with van der Waals surface area (Å²) < 4.78 is 17.4. The maximum absolute atomic E-state index is 14.6. The number of halogens is 1. The van der Waals surface area contributed by atoms with Crippen LogP contribution in [0.1, 0.15) is 48.7 Å². The van der Waals surface area contributed by atoms with Gasteiger partial charge >= 0.3 is 0 Å². The summed E-state index contributed by atoms with van der Waals surface area (Å²) in [5.41, 5.74) is 3.82. The average Bonchev–Trinajstić information content (AvgIpc) is 3.05. The molecule has 0 spiro atoms. The Morgan fingerprint density at radius 2 is 1.64 bits per heavy atom. The van der Waals surface area contributed by atoms with Crippen molar-refractivity contribution in [3.63, 3.8) is 0 Å². The van der Waals surface area contributed by atoms with E-state index in [0.29, 0.717) is 46.9 Å². The Labute approximate surface area is 236 Å². The maximum atomic E-state index is 14.6. The monoisotopic (exact) mass is 590 g/mol. The van der Waals surface area contributed by atoms with E-state index in [1.54, 1.807) is 17.0 Å². The first kappa shape index (κ1) is 26.8. The topological polar surface area (TPSA) is 77.1 Å². The summed E-state index contributed by atoms with van der Waals surface area (Å²) in [5.74, 6) is 0.855. The zero-order valence-corrected chi connectivity index (χ0v) is 24.2. The van der Waals surface area contributed by atoms with E-state index in [1.807, 2.05) is 48.5 Å². The number of nitrogens with zero attached hydrogens (tertiary/aromatic N) is 1. The first-order valence-corrected chi connectivity index (χ1v) is 13.5. The quantitative estimate of drug-likeness (QED) is 0.347. The van der Waals surface area contributed by atoms with Crippen molar-refractivity contribution in [3.8, 4) is 17.2 Å². The van der Waals surface area contributed by atoms with Crippen molar-refractivity contribution in [3.05, 3.63) is 87.5 Å². The predicted octanol–water partition coefficient (Wildman–Crippen LogP) is 6.93. The van der Waals surface area contributed by atoms with Crippen LogP contribution >= 0.6 is 15.9 Å². The highest BCUT2D eigenvalue weighted by Gasteiger charge is 2.43. The predicted molar refractivity (Wildman–Crippen MR) is 155 cm³/mol. The zero-order valence-electron chi connectivity index (χ0n) is 22.6. The lowest BCUT2D eigenvalue weighted by atomic mass is 9.73. The number of allylic oxidation sites excluding steroid dienone is 1. The van der Waals surface area contributed by atoms with Crippen LogP contribution in [0, 0.1) is 5.41 Å². The molecule has 1 amide bonds. The Morgan fingerprint density at radius 3 is 2.28 bits per heavy atom. The number of para-hydroxylation sites is 2. The number of carbonyl (C=O) groups is 2. The molecule has 0 saturated carbocycles. The molecule has 0 radical (unpaired) electrons. The summed E-state index contributed by atoms with van der Waals surface area (Å²) in [4.78, 5) is 30.2. The van der Waals surface area contributed by atoms with Crippen molar-refractivity contribution in [2.75, 3.05) is 31.5 Å². The lowest BCUT2D eigenvalue weighted by Gasteiger charge is -2.37. The second-order valence-electron chi connectivity index (χ2n) is 10.5. The highest BCUT2D eigenvalue weighted by molar-refractivity contribution is 9.10. The number of rotatable bonds is 5. The Morgan fingerprint density at radius 1 is 0.949 bits per heavy atom. The van der Waals surface area contributed by atoms with E-state index >= 15 is 0 Å². The molecule has 1 unspecified atom stereocenters. The average molecular weight is 592 g/mol. The molecule has 2 aliphatic rings. The van der Waals surface area contributed by atoms with E-state index < -0.39 is 6.04 Å². The lowest BCUT2D eigenvalue weighted by molar-refractivity contribution is -0.118. The van der Waals surface area contributed by atoms with E-state index in [9.17, 15) is 9.59 Å². The molecule has 1 aliphatic carbocycles. The number of ketones is 1. The van der Waals surface area contributed by atoms with E-state index in [0.717, 1.165) is 21.4 Å². The fourth-order valence-electron chi connectivity index (χ4n) is 5.55. The van der Waals surface area contributed by atoms with Crippen molar-refractivity contribution in [2.24, 2.45) is 5.41 Å².